The molecule has 2 aliphatic rings. The van der Waals surface area contributed by atoms with Crippen LogP contribution in [0.4, 0.5) is 0 Å². The number of nitrogens with one attached hydrogen (secondary N) is 1. The molecule has 1 saturated carbocycles. The predicted molar refractivity (Wildman–Crippen MR) is 112 cm³/mol. The van der Waals surface area contributed by atoms with E-state index in [1.807, 2.05) is 14.1 Å². The first kappa shape index (κ1) is 21.3. The van der Waals surface area contributed by atoms with Gasteiger partial charge < -0.3 is 15.0 Å². The van der Waals surface area contributed by atoms with Crippen molar-refractivity contribution in [1.29, 1.82) is 0 Å². The van der Waals surface area contributed by atoms with Crippen molar-refractivity contribution in [1.82, 2.24) is 20.0 Å². The van der Waals surface area contributed by atoms with Gasteiger partial charge in [-0.05, 0) is 51.9 Å². The number of nitrogens with zero attached hydrogens (tertiary/aromatic N) is 3. The van der Waals surface area contributed by atoms with Crippen molar-refractivity contribution in [2.24, 2.45) is 5.92 Å². The Kier molecular flexibility index (Phi) is 7.52. The van der Waals surface area contributed by atoms with Crippen LogP contribution in [-0.4, -0.2) is 60.0 Å². The molecule has 1 unspecified atom stereocenters. The zero-order valence-electron chi connectivity index (χ0n) is 18.2. The van der Waals surface area contributed by atoms with Crippen molar-refractivity contribution in [3.8, 4) is 0 Å². The summed E-state index contributed by atoms with van der Waals surface area (Å²) >= 11 is 0. The Morgan fingerprint density at radius 2 is 2.00 bits per heavy atom. The minimum Gasteiger partial charge on any atom is -0.377 e. The minimum absolute atomic E-state index is 0.0300. The molecule has 1 heterocycles. The van der Waals surface area contributed by atoms with E-state index >= 15 is 0 Å². The third-order valence-electron chi connectivity index (χ3n) is 6.10. The second-order valence-electron chi connectivity index (χ2n) is 8.97. The van der Waals surface area contributed by atoms with Gasteiger partial charge in [0.25, 0.3) is 5.91 Å². The van der Waals surface area contributed by atoms with E-state index in [1.165, 1.54) is 43.4 Å². The lowest BCUT2D eigenvalue weighted by atomic mass is 9.88. The van der Waals surface area contributed by atoms with E-state index in [2.05, 4.69) is 23.8 Å². The summed E-state index contributed by atoms with van der Waals surface area (Å²) in [6.07, 6.45) is 9.88. The molecule has 0 aromatic carbocycles. The van der Waals surface area contributed by atoms with Crippen LogP contribution in [0.3, 0.4) is 0 Å². The van der Waals surface area contributed by atoms with Gasteiger partial charge in [-0.3, -0.25) is 9.48 Å². The first-order chi connectivity index (χ1) is 13.5. The smallest absolute Gasteiger partial charge is 0.274 e. The molecule has 0 aliphatic heterocycles. The van der Waals surface area contributed by atoms with E-state index < -0.39 is 0 Å². The molecule has 0 saturated heterocycles. The maximum absolute atomic E-state index is 12.8. The van der Waals surface area contributed by atoms with E-state index in [0.29, 0.717) is 17.7 Å². The van der Waals surface area contributed by atoms with Gasteiger partial charge in [-0.25, -0.2) is 0 Å². The SMILES string of the molecule is CC(C)OCCNC1CCc2c(c(C(=O)N(C)C)nn2CC2CCCCC2)C1. The first-order valence-electron chi connectivity index (χ1n) is 11.1. The molecule has 0 radical (unpaired) electrons. The molecule has 1 aromatic rings. The van der Waals surface area contributed by atoms with Crippen molar-refractivity contribution in [2.45, 2.75) is 83.9 Å². The minimum atomic E-state index is 0.0300. The van der Waals surface area contributed by atoms with E-state index in [9.17, 15) is 4.79 Å². The molecule has 28 heavy (non-hydrogen) atoms. The standard InChI is InChI=1S/C22H38N4O2/c1-16(2)28-13-12-23-18-10-11-20-19(14-18)21(22(27)25(3)4)24-26(20)15-17-8-6-5-7-9-17/h16-18,23H,5-15H2,1-4H3. The lowest BCUT2D eigenvalue weighted by molar-refractivity contribution is 0.0787. The average molecular weight is 391 g/mol. The summed E-state index contributed by atoms with van der Waals surface area (Å²) in [7, 11) is 3.63. The highest BCUT2D eigenvalue weighted by molar-refractivity contribution is 5.93. The Hall–Kier alpha value is -1.40. The van der Waals surface area contributed by atoms with Crippen LogP contribution >= 0.6 is 0 Å². The summed E-state index contributed by atoms with van der Waals surface area (Å²) in [5.41, 5.74) is 3.14. The summed E-state index contributed by atoms with van der Waals surface area (Å²) in [6, 6.07) is 0.393. The fraction of sp³-hybridized carbons (Fsp3) is 0.818. The lowest BCUT2D eigenvalue weighted by Crippen LogP contribution is -2.37. The Labute approximate surface area is 170 Å². The number of amides is 1. The normalized spacial score (nSPS) is 20.4. The Morgan fingerprint density at radius 3 is 2.68 bits per heavy atom. The third kappa shape index (κ3) is 5.35. The molecule has 1 atom stereocenters. The molecule has 1 fully saturated rings. The van der Waals surface area contributed by atoms with Gasteiger partial charge in [-0.2, -0.15) is 5.10 Å². The van der Waals surface area contributed by atoms with Gasteiger partial charge in [0, 0.05) is 44.5 Å². The number of hydrogen-bond acceptors (Lipinski definition) is 4. The molecule has 1 amide bonds. The van der Waals surface area contributed by atoms with Crippen molar-refractivity contribution in [3.05, 3.63) is 17.0 Å². The molecule has 1 N–H and O–H groups in total. The van der Waals surface area contributed by atoms with E-state index in [1.54, 1.807) is 4.90 Å². The molecule has 3 rings (SSSR count). The average Bonchev–Trinajstić information content (AvgIpc) is 3.03. The van der Waals surface area contributed by atoms with Gasteiger partial charge >= 0.3 is 0 Å². The van der Waals surface area contributed by atoms with E-state index in [0.717, 1.165) is 39.0 Å². The van der Waals surface area contributed by atoms with Crippen LogP contribution in [0.1, 0.15) is 74.1 Å². The van der Waals surface area contributed by atoms with Crippen LogP contribution in [-0.2, 0) is 24.1 Å². The molecule has 2 aliphatic carbocycles. The molecule has 0 bridgehead atoms. The zero-order chi connectivity index (χ0) is 20.1. The molecule has 6 nitrogen and oxygen atoms in total. The molecule has 1 aromatic heterocycles. The van der Waals surface area contributed by atoms with Crippen LogP contribution in [0.25, 0.3) is 0 Å². The monoisotopic (exact) mass is 390 g/mol. The Bertz CT molecular complexity index is 647. The van der Waals surface area contributed by atoms with Gasteiger partial charge in [0.2, 0.25) is 0 Å². The summed E-state index contributed by atoms with van der Waals surface area (Å²) < 4.78 is 7.83. The number of hydrogen-bond donors (Lipinski definition) is 1. The van der Waals surface area contributed by atoms with Crippen LogP contribution in [0.2, 0.25) is 0 Å². The molecule has 0 spiro atoms. The number of carbonyl (C=O) groups is 1. The van der Waals surface area contributed by atoms with Crippen molar-refractivity contribution in [3.63, 3.8) is 0 Å². The summed E-state index contributed by atoms with van der Waals surface area (Å²) in [6.45, 7) is 6.68. The van der Waals surface area contributed by atoms with Crippen LogP contribution in [0, 0.1) is 5.92 Å². The third-order valence-corrected chi connectivity index (χ3v) is 6.10. The van der Waals surface area contributed by atoms with Crippen molar-refractivity contribution >= 4 is 5.91 Å². The predicted octanol–water partition coefficient (Wildman–Crippen LogP) is 3.04. The van der Waals surface area contributed by atoms with E-state index in [-0.39, 0.29) is 12.0 Å². The Balaban J connectivity index is 1.71. The van der Waals surface area contributed by atoms with Gasteiger partial charge in [0.05, 0.1) is 12.7 Å². The Morgan fingerprint density at radius 1 is 1.25 bits per heavy atom. The number of ether oxygens (including phenoxy) is 1. The second-order valence-corrected chi connectivity index (χ2v) is 8.97. The number of fused-ring (bicyclic) bond motifs is 1. The molecule has 6 heteroatoms. The highest BCUT2D eigenvalue weighted by Gasteiger charge is 2.30. The summed E-state index contributed by atoms with van der Waals surface area (Å²) in [5.74, 6) is 0.742. The second kappa shape index (κ2) is 9.88. The molecular weight excluding hydrogens is 352 g/mol. The fourth-order valence-corrected chi connectivity index (χ4v) is 4.57. The highest BCUT2D eigenvalue weighted by Crippen LogP contribution is 2.29. The van der Waals surface area contributed by atoms with Crippen LogP contribution < -0.4 is 5.32 Å². The van der Waals surface area contributed by atoms with Gasteiger partial charge in [0.1, 0.15) is 0 Å². The van der Waals surface area contributed by atoms with E-state index in [4.69, 9.17) is 9.84 Å². The van der Waals surface area contributed by atoms with Crippen molar-refractivity contribution < 1.29 is 9.53 Å². The summed E-state index contributed by atoms with van der Waals surface area (Å²) in [4.78, 5) is 14.4. The van der Waals surface area contributed by atoms with Gasteiger partial charge in [0.15, 0.2) is 5.69 Å². The van der Waals surface area contributed by atoms with Crippen molar-refractivity contribution in [2.75, 3.05) is 27.2 Å². The number of rotatable bonds is 8. The largest absolute Gasteiger partial charge is 0.377 e. The molecular formula is C22H38N4O2. The summed E-state index contributed by atoms with van der Waals surface area (Å²) in [5, 5.41) is 8.45. The highest BCUT2D eigenvalue weighted by atomic mass is 16.5. The fourth-order valence-electron chi connectivity index (χ4n) is 4.57. The van der Waals surface area contributed by atoms with Crippen LogP contribution in [0.15, 0.2) is 0 Å². The number of carbonyl (C=O) groups excluding carboxylic acids is 1. The van der Waals surface area contributed by atoms with Crippen LogP contribution in [0.5, 0.6) is 0 Å². The van der Waals surface area contributed by atoms with Gasteiger partial charge in [-0.15, -0.1) is 0 Å². The lowest BCUT2D eigenvalue weighted by Gasteiger charge is -2.26. The number of aromatic nitrogens is 2. The quantitative estimate of drug-likeness (QED) is 0.693. The maximum atomic E-state index is 12.8. The van der Waals surface area contributed by atoms with Gasteiger partial charge in [-0.1, -0.05) is 19.3 Å². The molecule has 158 valence electrons. The topological polar surface area (TPSA) is 59.4 Å². The zero-order valence-corrected chi connectivity index (χ0v) is 18.2. The first-order valence-corrected chi connectivity index (χ1v) is 11.1. The maximum Gasteiger partial charge on any atom is 0.274 e.